The van der Waals surface area contributed by atoms with E-state index in [-0.39, 0.29) is 30.1 Å². The molecular formula is C32H42O7. The summed E-state index contributed by atoms with van der Waals surface area (Å²) in [4.78, 5) is 0. The molecule has 2 aromatic carbocycles. The summed E-state index contributed by atoms with van der Waals surface area (Å²) < 4.78 is 30.5. The van der Waals surface area contributed by atoms with Gasteiger partial charge in [-0.3, -0.25) is 0 Å². The zero-order valence-corrected chi connectivity index (χ0v) is 22.9. The highest BCUT2D eigenvalue weighted by Crippen LogP contribution is 2.50. The van der Waals surface area contributed by atoms with E-state index in [2.05, 4.69) is 0 Å². The summed E-state index contributed by atoms with van der Waals surface area (Å²) in [5.74, 6) is 2.17. The second-order valence-corrected chi connectivity index (χ2v) is 11.7. The fourth-order valence-electron chi connectivity index (χ4n) is 6.97. The van der Waals surface area contributed by atoms with Crippen molar-refractivity contribution in [3.8, 4) is 23.0 Å². The first-order valence-electron chi connectivity index (χ1n) is 14.9. The maximum atomic E-state index is 11.8. The molecule has 6 rings (SSSR count). The molecule has 2 saturated carbocycles. The normalized spacial score (nSPS) is 28.8. The Morgan fingerprint density at radius 1 is 0.795 bits per heavy atom. The zero-order valence-electron chi connectivity index (χ0n) is 22.9. The van der Waals surface area contributed by atoms with Crippen LogP contribution in [0.4, 0.5) is 0 Å². The molecule has 2 N–H and O–H groups in total. The van der Waals surface area contributed by atoms with Gasteiger partial charge in [-0.1, -0.05) is 0 Å². The van der Waals surface area contributed by atoms with Gasteiger partial charge in [0.2, 0.25) is 0 Å². The van der Waals surface area contributed by atoms with Crippen molar-refractivity contribution in [2.24, 2.45) is 11.8 Å². The molecule has 0 amide bonds. The molecule has 4 aliphatic rings. The number of hydrogen-bond acceptors (Lipinski definition) is 7. The van der Waals surface area contributed by atoms with E-state index in [1.807, 2.05) is 36.4 Å². The summed E-state index contributed by atoms with van der Waals surface area (Å²) in [6.45, 7) is 0.911. The van der Waals surface area contributed by atoms with Crippen LogP contribution in [0.2, 0.25) is 0 Å². The average Bonchev–Trinajstić information content (AvgIpc) is 3.65. The maximum absolute atomic E-state index is 11.8. The van der Waals surface area contributed by atoms with Crippen molar-refractivity contribution in [1.29, 1.82) is 0 Å². The van der Waals surface area contributed by atoms with Crippen molar-refractivity contribution in [1.82, 2.24) is 0 Å². The van der Waals surface area contributed by atoms with E-state index >= 15 is 0 Å². The second kappa shape index (κ2) is 11.9. The molecule has 0 saturated heterocycles. The number of fused-ring (bicyclic) bond motifs is 2. The molecule has 2 aliphatic carbocycles. The first kappa shape index (κ1) is 26.7. The molecule has 0 unspecified atom stereocenters. The van der Waals surface area contributed by atoms with Crippen LogP contribution >= 0.6 is 0 Å². The number of aliphatic hydroxyl groups excluding tert-OH is 2. The van der Waals surface area contributed by atoms with E-state index < -0.39 is 12.2 Å². The molecule has 2 aromatic rings. The SMILES string of the molecule is COCCC[C@@H]1Oc2ccc(OC3CCCC3)cc2[C@H](O)[C@@H]1[C@@H]1COc2ccc(OC3CCCC3)cc2[C@H]1O. The van der Waals surface area contributed by atoms with E-state index in [9.17, 15) is 10.2 Å². The highest BCUT2D eigenvalue weighted by atomic mass is 16.5. The van der Waals surface area contributed by atoms with Crippen LogP contribution < -0.4 is 18.9 Å². The molecule has 39 heavy (non-hydrogen) atoms. The Kier molecular flexibility index (Phi) is 8.19. The number of ether oxygens (including phenoxy) is 5. The lowest BCUT2D eigenvalue weighted by atomic mass is 9.73. The molecule has 0 radical (unpaired) electrons. The van der Waals surface area contributed by atoms with Gasteiger partial charge in [-0.05, 0) is 101 Å². The highest BCUT2D eigenvalue weighted by molar-refractivity contribution is 5.46. The van der Waals surface area contributed by atoms with Crippen molar-refractivity contribution in [2.45, 2.75) is 94.7 Å². The molecule has 2 aliphatic heterocycles. The third-order valence-corrected chi connectivity index (χ3v) is 9.05. The van der Waals surface area contributed by atoms with Crippen LogP contribution in [0.15, 0.2) is 36.4 Å². The number of rotatable bonds is 9. The molecule has 212 valence electrons. The number of methoxy groups -OCH3 is 1. The van der Waals surface area contributed by atoms with Gasteiger partial charge >= 0.3 is 0 Å². The first-order chi connectivity index (χ1) is 19.1. The Bertz CT molecular complexity index is 1110. The lowest BCUT2D eigenvalue weighted by molar-refractivity contribution is -0.0888. The fraction of sp³-hybridized carbons (Fsp3) is 0.625. The minimum atomic E-state index is -0.823. The highest BCUT2D eigenvalue weighted by Gasteiger charge is 2.47. The second-order valence-electron chi connectivity index (χ2n) is 11.7. The van der Waals surface area contributed by atoms with Crippen LogP contribution in [0.25, 0.3) is 0 Å². The van der Waals surface area contributed by atoms with Crippen LogP contribution in [0, 0.1) is 11.8 Å². The van der Waals surface area contributed by atoms with Gasteiger partial charge in [-0.15, -0.1) is 0 Å². The monoisotopic (exact) mass is 538 g/mol. The van der Waals surface area contributed by atoms with E-state index in [1.165, 1.54) is 25.7 Å². The Balaban J connectivity index is 1.26. The van der Waals surface area contributed by atoms with Gasteiger partial charge in [0.25, 0.3) is 0 Å². The Morgan fingerprint density at radius 3 is 2.00 bits per heavy atom. The molecule has 0 aromatic heterocycles. The van der Waals surface area contributed by atoms with Gasteiger partial charge < -0.3 is 33.9 Å². The predicted octanol–water partition coefficient (Wildman–Crippen LogP) is 5.91. The summed E-state index contributed by atoms with van der Waals surface area (Å²) in [5, 5.41) is 23.5. The molecule has 5 atom stereocenters. The zero-order chi connectivity index (χ0) is 26.8. The Morgan fingerprint density at radius 2 is 1.38 bits per heavy atom. The molecule has 0 spiro atoms. The summed E-state index contributed by atoms with van der Waals surface area (Å²) in [6.07, 6.45) is 9.10. The van der Waals surface area contributed by atoms with Gasteiger partial charge in [0.1, 0.15) is 29.1 Å². The standard InChI is InChI=1S/C32H42O7/c1-35-16-6-11-29-30(32(34)25-18-23(13-15-28(25)39-29)38-21-9-4-5-10-21)26-19-36-27-14-12-22(17-24(27)31(26)33)37-20-7-2-3-8-20/h12-15,17-18,20-21,26,29-34H,2-11,16,19H2,1H3/t26-,29-,30+,31+,32-/m0/s1. The predicted molar refractivity (Wildman–Crippen MR) is 147 cm³/mol. The molecular weight excluding hydrogens is 496 g/mol. The number of hydrogen-bond donors (Lipinski definition) is 2. The van der Waals surface area contributed by atoms with Gasteiger partial charge in [0, 0.05) is 36.7 Å². The van der Waals surface area contributed by atoms with E-state index in [0.717, 1.165) is 49.2 Å². The van der Waals surface area contributed by atoms with Crippen molar-refractivity contribution >= 4 is 0 Å². The lowest BCUT2D eigenvalue weighted by Crippen LogP contribution is -2.46. The first-order valence-corrected chi connectivity index (χ1v) is 14.9. The minimum absolute atomic E-state index is 0.230. The molecule has 7 heteroatoms. The molecule has 2 fully saturated rings. The van der Waals surface area contributed by atoms with Gasteiger partial charge in [-0.25, -0.2) is 0 Å². The van der Waals surface area contributed by atoms with Crippen LogP contribution in [0.1, 0.15) is 87.5 Å². The van der Waals surface area contributed by atoms with Crippen LogP contribution in [-0.4, -0.2) is 48.8 Å². The lowest BCUT2D eigenvalue weighted by Gasteiger charge is -2.44. The molecule has 7 nitrogen and oxygen atoms in total. The summed E-state index contributed by atoms with van der Waals surface area (Å²) in [5.41, 5.74) is 1.43. The van der Waals surface area contributed by atoms with Crippen molar-refractivity contribution in [2.75, 3.05) is 20.3 Å². The number of aliphatic hydroxyl groups is 2. The average molecular weight is 539 g/mol. The Hall–Kier alpha value is -2.48. The quantitative estimate of drug-likeness (QED) is 0.384. The number of benzene rings is 2. The third kappa shape index (κ3) is 5.72. The van der Waals surface area contributed by atoms with E-state index in [0.29, 0.717) is 36.7 Å². The van der Waals surface area contributed by atoms with Crippen LogP contribution in [0.5, 0.6) is 23.0 Å². The van der Waals surface area contributed by atoms with Crippen molar-refractivity contribution in [3.05, 3.63) is 47.5 Å². The fourth-order valence-corrected chi connectivity index (χ4v) is 6.97. The van der Waals surface area contributed by atoms with Crippen LogP contribution in [-0.2, 0) is 4.74 Å². The van der Waals surface area contributed by atoms with Crippen molar-refractivity contribution in [3.63, 3.8) is 0 Å². The Labute approximate surface area is 231 Å². The smallest absolute Gasteiger partial charge is 0.125 e. The summed E-state index contributed by atoms with van der Waals surface area (Å²) in [7, 11) is 1.69. The van der Waals surface area contributed by atoms with E-state index in [4.69, 9.17) is 23.7 Å². The van der Waals surface area contributed by atoms with Gasteiger partial charge in [-0.2, -0.15) is 0 Å². The van der Waals surface area contributed by atoms with Gasteiger partial charge in [0.05, 0.1) is 31.0 Å². The topological polar surface area (TPSA) is 86.6 Å². The maximum Gasteiger partial charge on any atom is 0.125 e. The van der Waals surface area contributed by atoms with Crippen molar-refractivity contribution < 1.29 is 33.9 Å². The molecule has 2 heterocycles. The largest absolute Gasteiger partial charge is 0.493 e. The minimum Gasteiger partial charge on any atom is -0.493 e. The summed E-state index contributed by atoms with van der Waals surface area (Å²) in [6, 6.07) is 11.5. The van der Waals surface area contributed by atoms with Gasteiger partial charge in [0.15, 0.2) is 0 Å². The third-order valence-electron chi connectivity index (χ3n) is 9.05. The summed E-state index contributed by atoms with van der Waals surface area (Å²) >= 11 is 0. The van der Waals surface area contributed by atoms with Crippen LogP contribution in [0.3, 0.4) is 0 Å². The van der Waals surface area contributed by atoms with E-state index in [1.54, 1.807) is 7.11 Å². The molecule has 0 bridgehead atoms.